The van der Waals surface area contributed by atoms with Gasteiger partial charge in [-0.15, -0.1) is 0 Å². The number of carbonyl (C=O) groups excluding carboxylic acids is 1. The van der Waals surface area contributed by atoms with Gasteiger partial charge in [-0.25, -0.2) is 13.8 Å². The Morgan fingerprint density at radius 2 is 2.14 bits per heavy atom. The summed E-state index contributed by atoms with van der Waals surface area (Å²) < 4.78 is 34.4. The fourth-order valence-corrected chi connectivity index (χ4v) is 3.88. The van der Waals surface area contributed by atoms with Crippen LogP contribution in [0.4, 0.5) is 14.5 Å². The molecule has 1 aromatic heterocycles. The quantitative estimate of drug-likeness (QED) is 0.603. The van der Waals surface area contributed by atoms with Crippen LogP contribution < -0.4 is 15.4 Å². The summed E-state index contributed by atoms with van der Waals surface area (Å²) in [6.07, 6.45) is 1.54. The average Bonchev–Trinajstić information content (AvgIpc) is 3.10. The van der Waals surface area contributed by atoms with E-state index in [0.717, 1.165) is 16.8 Å². The maximum atomic E-state index is 14.8. The molecule has 2 heterocycles. The lowest BCUT2D eigenvalue weighted by atomic mass is 10.1. The molecule has 0 fully saturated rings. The second kappa shape index (κ2) is 9.60. The van der Waals surface area contributed by atoms with Gasteiger partial charge in [0.05, 0.1) is 17.4 Å². The summed E-state index contributed by atoms with van der Waals surface area (Å²) in [6.45, 7) is 5.57. The summed E-state index contributed by atoms with van der Waals surface area (Å²) in [4.78, 5) is 18.4. The third-order valence-corrected chi connectivity index (χ3v) is 5.71. The summed E-state index contributed by atoms with van der Waals surface area (Å²) in [5.74, 6) is -2.98. The first-order valence-electron chi connectivity index (χ1n) is 9.13. The Balaban J connectivity index is 1.65. The van der Waals surface area contributed by atoms with Gasteiger partial charge in [0.1, 0.15) is 28.4 Å². The van der Waals surface area contributed by atoms with Crippen LogP contribution in [0.25, 0.3) is 0 Å². The van der Waals surface area contributed by atoms with Crippen molar-refractivity contribution in [3.05, 3.63) is 46.6 Å². The van der Waals surface area contributed by atoms with E-state index in [1.165, 1.54) is 17.8 Å². The summed E-state index contributed by atoms with van der Waals surface area (Å²) in [5, 5.41) is 6.75. The van der Waals surface area contributed by atoms with Crippen molar-refractivity contribution in [2.24, 2.45) is 0 Å². The number of aromatic nitrogens is 1. The van der Waals surface area contributed by atoms with Crippen molar-refractivity contribution in [1.29, 1.82) is 0 Å². The number of hydrogen-bond acceptors (Lipinski definition) is 6. The molecule has 2 N–H and O–H groups in total. The molecule has 0 spiro atoms. The Bertz CT molecular complexity index is 899. The zero-order valence-electron chi connectivity index (χ0n) is 16.0. The Morgan fingerprint density at radius 1 is 1.38 bits per heavy atom. The molecule has 2 aromatic rings. The summed E-state index contributed by atoms with van der Waals surface area (Å²) in [7, 11) is 0. The standard InChI is InChI=1S/C19H21ClF2N4O2S/c1-3-26(4-2)10-24-18(27)16-12(21)5-6-14(17(16)22)28-9-15-25-13-7-11(20)8-23-19(13)29-15/h5-8,15,25H,3-4,9-10H2,1-2H3,(H,24,27). The third-order valence-electron chi connectivity index (χ3n) is 4.42. The lowest BCUT2D eigenvalue weighted by Crippen LogP contribution is -2.38. The summed E-state index contributed by atoms with van der Waals surface area (Å²) in [6, 6.07) is 3.94. The molecule has 6 nitrogen and oxygen atoms in total. The molecule has 0 saturated carbocycles. The molecule has 1 unspecified atom stereocenters. The van der Waals surface area contributed by atoms with Crippen LogP contribution in [0.5, 0.6) is 5.75 Å². The van der Waals surface area contributed by atoms with Crippen molar-refractivity contribution in [2.75, 3.05) is 31.7 Å². The number of anilines is 1. The fourth-order valence-electron chi connectivity index (χ4n) is 2.78. The number of halogens is 3. The van der Waals surface area contributed by atoms with Crippen LogP contribution >= 0.6 is 23.4 Å². The van der Waals surface area contributed by atoms with Crippen LogP contribution in [0.3, 0.4) is 0 Å². The lowest BCUT2D eigenvalue weighted by molar-refractivity contribution is 0.0916. The van der Waals surface area contributed by atoms with Gasteiger partial charge in [0, 0.05) is 6.20 Å². The Labute approximate surface area is 177 Å². The van der Waals surface area contributed by atoms with Crippen LogP contribution in [-0.4, -0.2) is 47.5 Å². The molecule has 0 aliphatic carbocycles. The molecule has 1 atom stereocenters. The van der Waals surface area contributed by atoms with Crippen LogP contribution in [0.15, 0.2) is 29.4 Å². The zero-order chi connectivity index (χ0) is 21.0. The van der Waals surface area contributed by atoms with Crippen LogP contribution in [-0.2, 0) is 0 Å². The highest BCUT2D eigenvalue weighted by Crippen LogP contribution is 2.38. The highest BCUT2D eigenvalue weighted by atomic mass is 35.5. The minimum absolute atomic E-state index is 0.0850. The van der Waals surface area contributed by atoms with Gasteiger partial charge in [-0.1, -0.05) is 37.2 Å². The maximum Gasteiger partial charge on any atom is 0.258 e. The Kier molecular flexibility index (Phi) is 7.15. The van der Waals surface area contributed by atoms with Crippen molar-refractivity contribution in [3.63, 3.8) is 0 Å². The van der Waals surface area contributed by atoms with E-state index in [2.05, 4.69) is 15.6 Å². The molecule has 156 valence electrons. The van der Waals surface area contributed by atoms with Gasteiger partial charge in [0.25, 0.3) is 5.91 Å². The van der Waals surface area contributed by atoms with Crippen LogP contribution in [0.1, 0.15) is 24.2 Å². The highest BCUT2D eigenvalue weighted by molar-refractivity contribution is 8.00. The molecular formula is C19H21ClF2N4O2S. The number of pyridine rings is 1. The topological polar surface area (TPSA) is 66.5 Å². The fraction of sp³-hybridized carbons (Fsp3) is 0.368. The number of hydrogen-bond donors (Lipinski definition) is 2. The van der Waals surface area contributed by atoms with E-state index >= 15 is 0 Å². The first-order valence-corrected chi connectivity index (χ1v) is 10.4. The molecule has 1 aromatic carbocycles. The van der Waals surface area contributed by atoms with Crippen LogP contribution in [0, 0.1) is 11.6 Å². The maximum absolute atomic E-state index is 14.8. The van der Waals surface area contributed by atoms with E-state index in [0.29, 0.717) is 18.1 Å². The second-order valence-electron chi connectivity index (χ2n) is 6.27. The molecule has 1 amide bonds. The number of carbonyl (C=O) groups is 1. The van der Waals surface area contributed by atoms with Crippen molar-refractivity contribution >= 4 is 35.0 Å². The van der Waals surface area contributed by atoms with Crippen LogP contribution in [0.2, 0.25) is 5.02 Å². The molecule has 10 heteroatoms. The number of fused-ring (bicyclic) bond motifs is 1. The molecular weight excluding hydrogens is 422 g/mol. The molecule has 1 aliphatic heterocycles. The van der Waals surface area contributed by atoms with E-state index in [1.807, 2.05) is 18.7 Å². The first kappa shape index (κ1) is 21.6. The van der Waals surface area contributed by atoms with Crippen molar-refractivity contribution in [3.8, 4) is 5.75 Å². The van der Waals surface area contributed by atoms with E-state index in [-0.39, 0.29) is 24.4 Å². The smallest absolute Gasteiger partial charge is 0.258 e. The molecule has 3 rings (SSSR count). The predicted octanol–water partition coefficient (Wildman–Crippen LogP) is 3.97. The number of rotatable bonds is 8. The van der Waals surface area contributed by atoms with E-state index in [1.54, 1.807) is 12.3 Å². The number of thioether (sulfide) groups is 1. The minimum Gasteiger partial charge on any atom is -0.487 e. The molecule has 29 heavy (non-hydrogen) atoms. The van der Waals surface area contributed by atoms with Gasteiger partial charge in [0.2, 0.25) is 0 Å². The number of nitrogens with zero attached hydrogens (tertiary/aromatic N) is 2. The monoisotopic (exact) mass is 442 g/mol. The number of nitrogens with one attached hydrogen (secondary N) is 2. The summed E-state index contributed by atoms with van der Waals surface area (Å²) in [5.41, 5.74) is 0.116. The van der Waals surface area contributed by atoms with Gasteiger partial charge in [-0.05, 0) is 31.3 Å². The Hall–Kier alpha value is -2.10. The number of ether oxygens (including phenoxy) is 1. The minimum atomic E-state index is -1.02. The van der Waals surface area contributed by atoms with E-state index in [4.69, 9.17) is 16.3 Å². The largest absolute Gasteiger partial charge is 0.487 e. The third kappa shape index (κ3) is 5.09. The lowest BCUT2D eigenvalue weighted by Gasteiger charge is -2.19. The normalized spacial score (nSPS) is 15.2. The van der Waals surface area contributed by atoms with Crippen molar-refractivity contribution in [2.45, 2.75) is 24.2 Å². The Morgan fingerprint density at radius 3 is 2.86 bits per heavy atom. The van der Waals surface area contributed by atoms with Gasteiger partial charge in [0.15, 0.2) is 11.6 Å². The predicted molar refractivity (Wildman–Crippen MR) is 110 cm³/mol. The van der Waals surface area contributed by atoms with Gasteiger partial charge in [-0.2, -0.15) is 0 Å². The van der Waals surface area contributed by atoms with E-state index in [9.17, 15) is 13.6 Å². The summed E-state index contributed by atoms with van der Waals surface area (Å²) >= 11 is 7.33. The SMILES string of the molecule is CCN(CC)CNC(=O)c1c(F)ccc(OCC2Nc3cc(Cl)cnc3S2)c1F. The van der Waals surface area contributed by atoms with Crippen molar-refractivity contribution in [1.82, 2.24) is 15.2 Å². The van der Waals surface area contributed by atoms with Gasteiger partial charge >= 0.3 is 0 Å². The van der Waals surface area contributed by atoms with Gasteiger partial charge in [-0.3, -0.25) is 9.69 Å². The highest BCUT2D eigenvalue weighted by Gasteiger charge is 2.26. The molecule has 0 bridgehead atoms. The average molecular weight is 443 g/mol. The number of benzene rings is 1. The number of amides is 1. The first-order chi connectivity index (χ1) is 13.9. The molecule has 0 radical (unpaired) electrons. The van der Waals surface area contributed by atoms with Gasteiger partial charge < -0.3 is 15.4 Å². The second-order valence-corrected chi connectivity index (χ2v) is 7.90. The van der Waals surface area contributed by atoms with E-state index < -0.39 is 23.1 Å². The zero-order valence-corrected chi connectivity index (χ0v) is 17.5. The molecule has 1 aliphatic rings. The molecule has 0 saturated heterocycles. The van der Waals surface area contributed by atoms with Crippen molar-refractivity contribution < 1.29 is 18.3 Å².